The van der Waals surface area contributed by atoms with Crippen LogP contribution in [0.1, 0.15) is 20.8 Å². The van der Waals surface area contributed by atoms with E-state index in [1.165, 1.54) is 18.7 Å². The van der Waals surface area contributed by atoms with Crippen molar-refractivity contribution < 1.29 is 4.79 Å². The van der Waals surface area contributed by atoms with E-state index in [9.17, 15) is 4.79 Å². The Hall–Kier alpha value is -0.500. The number of ketones is 1. The maximum absolute atomic E-state index is 10.6. The molecule has 0 aromatic heterocycles. The lowest BCUT2D eigenvalue weighted by atomic mass is 10.2. The summed E-state index contributed by atoms with van der Waals surface area (Å²) < 4.78 is 0. The van der Waals surface area contributed by atoms with Gasteiger partial charge in [-0.1, -0.05) is 26.5 Å². The number of thioether (sulfide) groups is 1. The minimum Gasteiger partial charge on any atom is -0.294 e. The molecule has 64 valence electrons. The van der Waals surface area contributed by atoms with E-state index in [4.69, 9.17) is 0 Å². The Morgan fingerprint density at radius 1 is 1.45 bits per heavy atom. The van der Waals surface area contributed by atoms with Crippen LogP contribution in [-0.2, 0) is 4.79 Å². The number of carbonyl (C=O) groups excluding carboxylic acids is 1. The van der Waals surface area contributed by atoms with E-state index in [1.807, 2.05) is 20.1 Å². The van der Waals surface area contributed by atoms with Gasteiger partial charge < -0.3 is 0 Å². The second kappa shape index (κ2) is 9.50. The molecule has 2 heteroatoms. The van der Waals surface area contributed by atoms with Gasteiger partial charge in [-0.25, -0.2) is 0 Å². The number of hydrogen-bond donors (Lipinski definition) is 0. The van der Waals surface area contributed by atoms with Gasteiger partial charge in [-0.05, 0) is 18.6 Å². The molecule has 0 aliphatic heterocycles. The van der Waals surface area contributed by atoms with Gasteiger partial charge >= 0.3 is 0 Å². The summed E-state index contributed by atoms with van der Waals surface area (Å²) >= 11 is 1.51. The molecule has 1 nitrogen and oxygen atoms in total. The highest BCUT2D eigenvalue weighted by Gasteiger charge is 1.94. The second-order valence-electron chi connectivity index (χ2n) is 1.57. The molecule has 0 fully saturated rings. The fourth-order valence-corrected chi connectivity index (χ4v) is 0.918. The van der Waals surface area contributed by atoms with Crippen molar-refractivity contribution in [3.8, 4) is 0 Å². The molecule has 0 unspecified atom stereocenters. The SMILES string of the molecule is C=C/C(=C\SC)C(C)=O.CC. The molecule has 0 aliphatic rings. The summed E-state index contributed by atoms with van der Waals surface area (Å²) in [6, 6.07) is 0. The van der Waals surface area contributed by atoms with Crippen molar-refractivity contribution in [2.75, 3.05) is 6.26 Å². The van der Waals surface area contributed by atoms with Crippen LogP contribution in [0.15, 0.2) is 23.6 Å². The zero-order valence-electron chi connectivity index (χ0n) is 7.68. The van der Waals surface area contributed by atoms with E-state index in [1.54, 1.807) is 11.5 Å². The van der Waals surface area contributed by atoms with Crippen molar-refractivity contribution in [1.29, 1.82) is 0 Å². The fourth-order valence-electron chi connectivity index (χ4n) is 0.402. The van der Waals surface area contributed by atoms with Crippen molar-refractivity contribution >= 4 is 17.5 Å². The van der Waals surface area contributed by atoms with Crippen LogP contribution in [0.25, 0.3) is 0 Å². The smallest absolute Gasteiger partial charge is 0.160 e. The van der Waals surface area contributed by atoms with Crippen LogP contribution in [0.2, 0.25) is 0 Å². The lowest BCUT2D eigenvalue weighted by Gasteiger charge is -1.90. The minimum atomic E-state index is 0.0688. The monoisotopic (exact) mass is 172 g/mol. The van der Waals surface area contributed by atoms with E-state index in [2.05, 4.69) is 6.58 Å². The minimum absolute atomic E-state index is 0.0688. The molecule has 0 heterocycles. The highest BCUT2D eigenvalue weighted by Crippen LogP contribution is 2.04. The van der Waals surface area contributed by atoms with Gasteiger partial charge in [0.25, 0.3) is 0 Å². The number of carbonyl (C=O) groups is 1. The largest absolute Gasteiger partial charge is 0.294 e. The Bertz CT molecular complexity index is 148. The van der Waals surface area contributed by atoms with Crippen molar-refractivity contribution in [3.63, 3.8) is 0 Å². The van der Waals surface area contributed by atoms with E-state index in [0.717, 1.165) is 0 Å². The summed E-state index contributed by atoms with van der Waals surface area (Å²) in [7, 11) is 0. The Kier molecular flexibility index (Phi) is 11.3. The normalized spacial score (nSPS) is 9.64. The molecule has 0 aromatic rings. The highest BCUT2D eigenvalue weighted by atomic mass is 32.2. The molecular formula is C9H16OS. The summed E-state index contributed by atoms with van der Waals surface area (Å²) in [5.74, 6) is 0.0688. The topological polar surface area (TPSA) is 17.1 Å². The number of Topliss-reactive ketones (excluding diaryl/α,β-unsaturated/α-hetero) is 1. The van der Waals surface area contributed by atoms with Crippen LogP contribution in [0.4, 0.5) is 0 Å². The van der Waals surface area contributed by atoms with Crippen molar-refractivity contribution in [2.24, 2.45) is 0 Å². The van der Waals surface area contributed by atoms with Crippen LogP contribution >= 0.6 is 11.8 Å². The Balaban J connectivity index is 0. The first-order valence-corrected chi connectivity index (χ1v) is 4.87. The summed E-state index contributed by atoms with van der Waals surface area (Å²) in [4.78, 5) is 10.6. The first-order valence-electron chi connectivity index (χ1n) is 3.58. The molecule has 0 aromatic carbocycles. The van der Waals surface area contributed by atoms with Crippen LogP contribution in [0.5, 0.6) is 0 Å². The summed E-state index contributed by atoms with van der Waals surface area (Å²) in [6.45, 7) is 9.03. The van der Waals surface area contributed by atoms with Gasteiger partial charge in [0, 0.05) is 5.57 Å². The van der Waals surface area contributed by atoms with Crippen LogP contribution < -0.4 is 0 Å². The van der Waals surface area contributed by atoms with Gasteiger partial charge in [0.15, 0.2) is 5.78 Å². The molecule has 0 aliphatic carbocycles. The molecule has 0 atom stereocenters. The molecule has 0 N–H and O–H groups in total. The molecule has 0 saturated heterocycles. The highest BCUT2D eigenvalue weighted by molar-refractivity contribution is 8.01. The Morgan fingerprint density at radius 3 is 2.00 bits per heavy atom. The fraction of sp³-hybridized carbons (Fsp3) is 0.444. The molecular weight excluding hydrogens is 156 g/mol. The summed E-state index contributed by atoms with van der Waals surface area (Å²) in [6.07, 6.45) is 3.48. The molecule has 0 saturated carbocycles. The maximum Gasteiger partial charge on any atom is 0.160 e. The van der Waals surface area contributed by atoms with Crippen molar-refractivity contribution in [3.05, 3.63) is 23.6 Å². The number of hydrogen-bond acceptors (Lipinski definition) is 2. The van der Waals surface area contributed by atoms with Gasteiger partial charge in [-0.2, -0.15) is 0 Å². The zero-order chi connectivity index (χ0) is 9.28. The average molecular weight is 172 g/mol. The average Bonchev–Trinajstić information content (AvgIpc) is 2.03. The van der Waals surface area contributed by atoms with Crippen LogP contribution in [-0.4, -0.2) is 12.0 Å². The molecule has 0 radical (unpaired) electrons. The number of rotatable bonds is 3. The second-order valence-corrected chi connectivity index (χ2v) is 2.28. The third kappa shape index (κ3) is 7.40. The maximum atomic E-state index is 10.6. The zero-order valence-corrected chi connectivity index (χ0v) is 8.49. The summed E-state index contributed by atoms with van der Waals surface area (Å²) in [5.41, 5.74) is 0.683. The molecule has 0 bridgehead atoms. The predicted octanol–water partition coefficient (Wildman–Crippen LogP) is 3.03. The molecule has 0 spiro atoms. The number of allylic oxidation sites excluding steroid dienone is 2. The van der Waals surface area contributed by atoms with Crippen LogP contribution in [0.3, 0.4) is 0 Å². The Labute approximate surface area is 73.6 Å². The first-order chi connectivity index (χ1) is 5.22. The van der Waals surface area contributed by atoms with Crippen molar-refractivity contribution in [2.45, 2.75) is 20.8 Å². The van der Waals surface area contributed by atoms with E-state index in [0.29, 0.717) is 5.57 Å². The van der Waals surface area contributed by atoms with Gasteiger partial charge in [-0.15, -0.1) is 11.8 Å². The lowest BCUT2D eigenvalue weighted by Crippen LogP contribution is -1.90. The van der Waals surface area contributed by atoms with Gasteiger partial charge in [0.1, 0.15) is 0 Å². The molecule has 0 amide bonds. The quantitative estimate of drug-likeness (QED) is 0.481. The predicted molar refractivity (Wildman–Crippen MR) is 53.8 cm³/mol. The third-order valence-corrected chi connectivity index (χ3v) is 1.36. The van der Waals surface area contributed by atoms with Crippen molar-refractivity contribution in [1.82, 2.24) is 0 Å². The van der Waals surface area contributed by atoms with Gasteiger partial charge in [0.2, 0.25) is 0 Å². The van der Waals surface area contributed by atoms with Gasteiger partial charge in [-0.3, -0.25) is 4.79 Å². The summed E-state index contributed by atoms with van der Waals surface area (Å²) in [5, 5.41) is 1.79. The Morgan fingerprint density at radius 2 is 1.91 bits per heavy atom. The third-order valence-electron chi connectivity index (χ3n) is 0.871. The van der Waals surface area contributed by atoms with E-state index in [-0.39, 0.29) is 5.78 Å². The van der Waals surface area contributed by atoms with E-state index >= 15 is 0 Å². The first kappa shape index (κ1) is 13.1. The van der Waals surface area contributed by atoms with Crippen LogP contribution in [0, 0.1) is 0 Å². The standard InChI is InChI=1S/C7H10OS.C2H6/c1-4-7(5-9-3)6(2)8;1-2/h4-5H,1H2,2-3H3;1-2H3/b7-5+;. The van der Waals surface area contributed by atoms with E-state index < -0.39 is 0 Å². The molecule has 11 heavy (non-hydrogen) atoms. The molecule has 0 rings (SSSR count). The lowest BCUT2D eigenvalue weighted by molar-refractivity contribution is -0.113. The van der Waals surface area contributed by atoms with Gasteiger partial charge in [0.05, 0.1) is 0 Å².